The van der Waals surface area contributed by atoms with Crippen molar-refractivity contribution in [1.29, 1.82) is 0 Å². The van der Waals surface area contributed by atoms with Crippen LogP contribution in [0.4, 0.5) is 0 Å². The Morgan fingerprint density at radius 3 is 1.19 bits per heavy atom. The van der Waals surface area contributed by atoms with E-state index in [0.29, 0.717) is 6.61 Å². The van der Waals surface area contributed by atoms with Gasteiger partial charge in [0.25, 0.3) is 0 Å². The van der Waals surface area contributed by atoms with Gasteiger partial charge in [-0.25, -0.2) is 0 Å². The summed E-state index contributed by atoms with van der Waals surface area (Å²) >= 11 is 0. The second kappa shape index (κ2) is 9.52. The van der Waals surface area contributed by atoms with E-state index in [0.717, 1.165) is 0 Å². The Morgan fingerprint density at radius 1 is 0.577 bits per heavy atom. The maximum absolute atomic E-state index is 11.4. The predicted molar refractivity (Wildman–Crippen MR) is 105 cm³/mol. The third kappa shape index (κ3) is 13.9. The Kier molecular flexibility index (Phi) is 9.82. The van der Waals surface area contributed by atoms with Crippen molar-refractivity contribution in [2.24, 2.45) is 21.7 Å². The molecule has 0 aromatic carbocycles. The van der Waals surface area contributed by atoms with Gasteiger partial charge in [-0.05, 0) is 47.0 Å². The van der Waals surface area contributed by atoms with Gasteiger partial charge in [0, 0.05) is 5.41 Å². The molecular weight excluding hydrogens is 332 g/mol. The molecule has 0 heterocycles. The number of carbonyl (C=O) groups excluding carboxylic acids is 3. The van der Waals surface area contributed by atoms with Gasteiger partial charge < -0.3 is 9.47 Å². The van der Waals surface area contributed by atoms with E-state index in [1.165, 1.54) is 0 Å². The van der Waals surface area contributed by atoms with E-state index in [4.69, 9.17) is 9.47 Å². The molecule has 26 heavy (non-hydrogen) atoms. The Hall–Kier alpha value is -1.39. The van der Waals surface area contributed by atoms with Crippen molar-refractivity contribution in [3.05, 3.63) is 0 Å². The van der Waals surface area contributed by atoms with Crippen molar-refractivity contribution < 1.29 is 23.9 Å². The summed E-state index contributed by atoms with van der Waals surface area (Å²) in [5.41, 5.74) is -1.32. The summed E-state index contributed by atoms with van der Waals surface area (Å²) in [5.74, 6) is -0.525. The topological polar surface area (TPSA) is 69.7 Å². The lowest BCUT2D eigenvalue weighted by molar-refractivity contribution is -0.157. The van der Waals surface area contributed by atoms with Crippen molar-refractivity contribution in [3.8, 4) is 0 Å². The summed E-state index contributed by atoms with van der Waals surface area (Å²) in [7, 11) is 0. The Balaban J connectivity index is 0. The Morgan fingerprint density at radius 2 is 0.923 bits per heavy atom. The second-order valence-corrected chi connectivity index (χ2v) is 10.9. The smallest absolute Gasteiger partial charge is 0.311 e. The highest BCUT2D eigenvalue weighted by molar-refractivity contribution is 5.87. The van der Waals surface area contributed by atoms with Crippen LogP contribution in [-0.2, 0) is 23.9 Å². The maximum atomic E-state index is 11.4. The summed E-state index contributed by atoms with van der Waals surface area (Å²) in [6.45, 7) is 22.8. The zero-order valence-electron chi connectivity index (χ0n) is 19.0. The SMILES string of the molecule is CC(C)(C)C(=O)COC(=O)C(C)(C)C.CC(C)(C)COC(=O)C(C)(C)C. The van der Waals surface area contributed by atoms with Crippen LogP contribution in [0, 0.1) is 21.7 Å². The van der Waals surface area contributed by atoms with Gasteiger partial charge in [0.15, 0.2) is 12.4 Å². The van der Waals surface area contributed by atoms with Gasteiger partial charge in [-0.3, -0.25) is 14.4 Å². The minimum absolute atomic E-state index is 0.0565. The summed E-state index contributed by atoms with van der Waals surface area (Å²) in [6, 6.07) is 0. The average Bonchev–Trinajstić information content (AvgIpc) is 2.38. The van der Waals surface area contributed by atoms with E-state index in [1.807, 2.05) is 41.5 Å². The van der Waals surface area contributed by atoms with E-state index >= 15 is 0 Å². The van der Waals surface area contributed by atoms with Crippen molar-refractivity contribution >= 4 is 17.7 Å². The predicted octanol–water partition coefficient (Wildman–Crippen LogP) is 4.81. The summed E-state index contributed by atoms with van der Waals surface area (Å²) in [6.07, 6.45) is 0. The van der Waals surface area contributed by atoms with Gasteiger partial charge in [-0.1, -0.05) is 41.5 Å². The molecule has 0 unspecified atom stereocenters. The van der Waals surface area contributed by atoms with Crippen LogP contribution in [0.3, 0.4) is 0 Å². The first kappa shape index (κ1) is 26.8. The summed E-state index contributed by atoms with van der Waals surface area (Å²) in [5, 5.41) is 0. The third-order valence-electron chi connectivity index (χ3n) is 3.03. The zero-order valence-corrected chi connectivity index (χ0v) is 19.0. The van der Waals surface area contributed by atoms with Gasteiger partial charge in [0.2, 0.25) is 0 Å². The monoisotopic (exact) mass is 372 g/mol. The minimum Gasteiger partial charge on any atom is -0.465 e. The van der Waals surface area contributed by atoms with Crippen LogP contribution in [0.5, 0.6) is 0 Å². The molecule has 0 rings (SSSR count). The molecule has 0 fully saturated rings. The van der Waals surface area contributed by atoms with Crippen LogP contribution < -0.4 is 0 Å². The number of hydrogen-bond donors (Lipinski definition) is 0. The van der Waals surface area contributed by atoms with Gasteiger partial charge in [0.05, 0.1) is 17.4 Å². The van der Waals surface area contributed by atoms with Crippen LogP contribution >= 0.6 is 0 Å². The molecule has 0 aliphatic carbocycles. The van der Waals surface area contributed by atoms with Gasteiger partial charge >= 0.3 is 11.9 Å². The molecule has 0 saturated heterocycles. The molecule has 154 valence electrons. The molecule has 5 nitrogen and oxygen atoms in total. The fraction of sp³-hybridized carbons (Fsp3) is 0.857. The van der Waals surface area contributed by atoms with Gasteiger partial charge in [0.1, 0.15) is 0 Å². The zero-order chi connectivity index (χ0) is 21.6. The van der Waals surface area contributed by atoms with Gasteiger partial charge in [-0.2, -0.15) is 0 Å². The number of ether oxygens (including phenoxy) is 2. The normalized spacial score (nSPS) is 12.6. The molecular formula is C21H40O5. The number of hydrogen-bond acceptors (Lipinski definition) is 5. The lowest BCUT2D eigenvalue weighted by Gasteiger charge is -2.22. The molecule has 0 aromatic rings. The lowest BCUT2D eigenvalue weighted by atomic mass is 9.91. The van der Waals surface area contributed by atoms with Crippen molar-refractivity contribution in [1.82, 2.24) is 0 Å². The minimum atomic E-state index is -0.543. The highest BCUT2D eigenvalue weighted by Gasteiger charge is 2.27. The van der Waals surface area contributed by atoms with Crippen LogP contribution in [0.25, 0.3) is 0 Å². The maximum Gasteiger partial charge on any atom is 0.311 e. The Labute approximate surface area is 160 Å². The number of esters is 2. The highest BCUT2D eigenvalue weighted by Crippen LogP contribution is 2.19. The molecule has 0 N–H and O–H groups in total. The molecule has 0 spiro atoms. The third-order valence-corrected chi connectivity index (χ3v) is 3.03. The molecule has 0 bridgehead atoms. The van der Waals surface area contributed by atoms with Crippen LogP contribution in [0.15, 0.2) is 0 Å². The molecule has 0 amide bonds. The molecule has 0 aliphatic rings. The fourth-order valence-electron chi connectivity index (χ4n) is 1.06. The first-order valence-corrected chi connectivity index (χ1v) is 9.06. The first-order chi connectivity index (χ1) is 11.2. The lowest BCUT2D eigenvalue weighted by Crippen LogP contribution is -2.30. The van der Waals surface area contributed by atoms with Crippen molar-refractivity contribution in [2.75, 3.05) is 13.2 Å². The standard InChI is InChI=1S/C11H20O3.C10H20O2/c1-10(2,3)8(12)7-14-9(13)11(4,5)6;1-9(2,3)7-12-8(11)10(4,5)6/h7H2,1-6H3;7H2,1-6H3. The van der Waals surface area contributed by atoms with Crippen LogP contribution in [0.2, 0.25) is 0 Å². The molecule has 0 atom stereocenters. The second-order valence-electron chi connectivity index (χ2n) is 10.9. The number of carbonyl (C=O) groups is 3. The first-order valence-electron chi connectivity index (χ1n) is 9.06. The van der Waals surface area contributed by atoms with Crippen molar-refractivity contribution in [2.45, 2.75) is 83.1 Å². The van der Waals surface area contributed by atoms with Crippen molar-refractivity contribution in [3.63, 3.8) is 0 Å². The number of ketones is 1. The average molecular weight is 373 g/mol. The largest absolute Gasteiger partial charge is 0.465 e. The number of rotatable bonds is 3. The molecule has 0 aliphatic heterocycles. The molecule has 0 radical (unpaired) electrons. The van der Waals surface area contributed by atoms with Crippen LogP contribution in [0.1, 0.15) is 83.1 Å². The van der Waals surface area contributed by atoms with Gasteiger partial charge in [-0.15, -0.1) is 0 Å². The summed E-state index contributed by atoms with van der Waals surface area (Å²) < 4.78 is 10.0. The van der Waals surface area contributed by atoms with Crippen LogP contribution in [-0.4, -0.2) is 30.9 Å². The highest BCUT2D eigenvalue weighted by atomic mass is 16.5. The van der Waals surface area contributed by atoms with E-state index in [-0.39, 0.29) is 35.2 Å². The molecule has 0 aromatic heterocycles. The summed E-state index contributed by atoms with van der Waals surface area (Å²) in [4.78, 5) is 34.0. The van der Waals surface area contributed by atoms with E-state index in [2.05, 4.69) is 0 Å². The quantitative estimate of drug-likeness (QED) is 0.665. The van der Waals surface area contributed by atoms with E-state index in [9.17, 15) is 14.4 Å². The van der Waals surface area contributed by atoms with E-state index in [1.54, 1.807) is 41.5 Å². The molecule has 0 saturated carbocycles. The Bertz CT molecular complexity index is 450. The number of Topliss-reactive ketones (excluding diaryl/α,β-unsaturated/α-hetero) is 1. The fourth-order valence-corrected chi connectivity index (χ4v) is 1.06. The van der Waals surface area contributed by atoms with E-state index < -0.39 is 10.8 Å². The molecule has 5 heteroatoms.